The standard InChI is InChI=1S/C24H22F8O2/c1-2-3-4-14-5-7-15(8-6-14)23(29,30)33-16-9-10-18(19(25)11-16)24(31,32)34-17-12-20(26)22(28)21(27)13-17/h7,9-14H,2-6,8H2,1H3. The molecular weight excluding hydrogens is 472 g/mol. The van der Waals surface area contributed by atoms with Crippen LogP contribution in [0.15, 0.2) is 42.0 Å². The van der Waals surface area contributed by atoms with Crippen molar-refractivity contribution in [3.63, 3.8) is 0 Å². The molecule has 0 fully saturated rings. The molecule has 0 bridgehead atoms. The van der Waals surface area contributed by atoms with Gasteiger partial charge in [-0.1, -0.05) is 32.3 Å². The number of ether oxygens (including phenoxy) is 2. The van der Waals surface area contributed by atoms with Crippen LogP contribution in [-0.4, -0.2) is 6.11 Å². The number of alkyl halides is 4. The number of hydrogen-bond acceptors (Lipinski definition) is 2. The van der Waals surface area contributed by atoms with Gasteiger partial charge in [0.2, 0.25) is 0 Å². The summed E-state index contributed by atoms with van der Waals surface area (Å²) in [5.74, 6) is -8.62. The van der Waals surface area contributed by atoms with E-state index in [1.165, 1.54) is 6.08 Å². The molecule has 0 aromatic heterocycles. The molecule has 0 radical (unpaired) electrons. The van der Waals surface area contributed by atoms with Crippen molar-refractivity contribution in [3.8, 4) is 11.5 Å². The van der Waals surface area contributed by atoms with Crippen LogP contribution in [-0.2, 0) is 6.11 Å². The smallest absolute Gasteiger partial charge is 0.429 e. The molecular formula is C24H22F8O2. The van der Waals surface area contributed by atoms with E-state index in [0.717, 1.165) is 19.3 Å². The Morgan fingerprint density at radius 2 is 1.47 bits per heavy atom. The number of rotatable bonds is 9. The van der Waals surface area contributed by atoms with Crippen molar-refractivity contribution in [1.82, 2.24) is 0 Å². The average Bonchev–Trinajstić information content (AvgIpc) is 2.75. The summed E-state index contributed by atoms with van der Waals surface area (Å²) < 4.78 is 120. The Balaban J connectivity index is 1.72. The van der Waals surface area contributed by atoms with Gasteiger partial charge in [0.25, 0.3) is 0 Å². The highest BCUT2D eigenvalue weighted by Crippen LogP contribution is 2.39. The van der Waals surface area contributed by atoms with E-state index in [9.17, 15) is 35.1 Å². The molecule has 186 valence electrons. The highest BCUT2D eigenvalue weighted by Gasteiger charge is 2.41. The van der Waals surface area contributed by atoms with Gasteiger partial charge in [-0.15, -0.1) is 0 Å². The Morgan fingerprint density at radius 1 is 0.853 bits per heavy atom. The largest absolute Gasteiger partial charge is 0.429 e. The molecule has 0 heterocycles. The maximum atomic E-state index is 14.5. The molecule has 2 nitrogen and oxygen atoms in total. The molecule has 0 saturated carbocycles. The Hall–Kier alpha value is -2.78. The molecule has 1 atom stereocenters. The van der Waals surface area contributed by atoms with Gasteiger partial charge in [0, 0.05) is 23.8 Å². The Bertz CT molecular complexity index is 1030. The lowest BCUT2D eigenvalue weighted by Gasteiger charge is -2.27. The lowest BCUT2D eigenvalue weighted by atomic mass is 9.86. The van der Waals surface area contributed by atoms with E-state index in [0.29, 0.717) is 37.0 Å². The van der Waals surface area contributed by atoms with Crippen molar-refractivity contribution in [1.29, 1.82) is 0 Å². The van der Waals surface area contributed by atoms with Crippen LogP contribution < -0.4 is 9.47 Å². The molecule has 34 heavy (non-hydrogen) atoms. The fraction of sp³-hybridized carbons (Fsp3) is 0.417. The quantitative estimate of drug-likeness (QED) is 0.199. The van der Waals surface area contributed by atoms with E-state index in [-0.39, 0.29) is 24.1 Å². The molecule has 0 aliphatic heterocycles. The molecule has 3 rings (SSSR count). The Kier molecular flexibility index (Phi) is 7.77. The van der Waals surface area contributed by atoms with Crippen LogP contribution in [0.3, 0.4) is 0 Å². The molecule has 2 aromatic carbocycles. The second kappa shape index (κ2) is 10.2. The zero-order valence-electron chi connectivity index (χ0n) is 18.1. The molecule has 1 aliphatic carbocycles. The summed E-state index contributed by atoms with van der Waals surface area (Å²) in [6.07, 6.45) is -2.74. The van der Waals surface area contributed by atoms with E-state index in [4.69, 9.17) is 0 Å². The first kappa shape index (κ1) is 25.8. The van der Waals surface area contributed by atoms with E-state index >= 15 is 0 Å². The first-order valence-electron chi connectivity index (χ1n) is 10.7. The van der Waals surface area contributed by atoms with Gasteiger partial charge in [-0.3, -0.25) is 0 Å². The monoisotopic (exact) mass is 494 g/mol. The van der Waals surface area contributed by atoms with Gasteiger partial charge in [-0.05, 0) is 37.3 Å². The molecule has 0 N–H and O–H groups in total. The summed E-state index contributed by atoms with van der Waals surface area (Å²) in [7, 11) is 0. The predicted octanol–water partition coefficient (Wildman–Crippen LogP) is 8.26. The Morgan fingerprint density at radius 3 is 2.03 bits per heavy atom. The molecule has 0 spiro atoms. The highest BCUT2D eigenvalue weighted by molar-refractivity contribution is 5.33. The predicted molar refractivity (Wildman–Crippen MR) is 108 cm³/mol. The number of allylic oxidation sites excluding steroid dienone is 1. The lowest BCUT2D eigenvalue weighted by Crippen LogP contribution is -2.29. The minimum absolute atomic E-state index is 0.0959. The molecule has 2 aromatic rings. The summed E-state index contributed by atoms with van der Waals surface area (Å²) >= 11 is 0. The fourth-order valence-electron chi connectivity index (χ4n) is 3.71. The minimum Gasteiger partial charge on any atom is -0.429 e. The van der Waals surface area contributed by atoms with Crippen LogP contribution in [0.5, 0.6) is 11.5 Å². The summed E-state index contributed by atoms with van der Waals surface area (Å²) in [6.45, 7) is 2.04. The van der Waals surface area contributed by atoms with Crippen LogP contribution in [0.4, 0.5) is 35.1 Å². The van der Waals surface area contributed by atoms with Crippen LogP contribution in [0.25, 0.3) is 0 Å². The third kappa shape index (κ3) is 6.01. The van der Waals surface area contributed by atoms with Gasteiger partial charge in [-0.25, -0.2) is 17.6 Å². The molecule has 0 saturated heterocycles. The first-order chi connectivity index (χ1) is 15.9. The van der Waals surface area contributed by atoms with Gasteiger partial charge in [0.1, 0.15) is 22.9 Å². The molecule has 1 unspecified atom stereocenters. The third-order valence-electron chi connectivity index (χ3n) is 5.56. The van der Waals surface area contributed by atoms with Crippen molar-refractivity contribution in [2.24, 2.45) is 5.92 Å². The minimum atomic E-state index is -4.46. The molecule has 0 amide bonds. The lowest BCUT2D eigenvalue weighted by molar-refractivity contribution is -0.187. The zero-order chi connectivity index (χ0) is 25.1. The number of halogens is 8. The zero-order valence-corrected chi connectivity index (χ0v) is 18.1. The van der Waals surface area contributed by atoms with Crippen molar-refractivity contribution >= 4 is 0 Å². The van der Waals surface area contributed by atoms with Crippen molar-refractivity contribution in [2.45, 2.75) is 57.7 Å². The van der Waals surface area contributed by atoms with Gasteiger partial charge in [0.15, 0.2) is 17.5 Å². The van der Waals surface area contributed by atoms with Crippen LogP contribution >= 0.6 is 0 Å². The number of unbranched alkanes of at least 4 members (excludes halogenated alkanes) is 1. The summed E-state index contributed by atoms with van der Waals surface area (Å²) in [5.41, 5.74) is -1.66. The SMILES string of the molecule is CCCCC1CC=C(C(F)(F)Oc2ccc(C(F)(F)Oc3cc(F)c(F)c(F)c3)c(F)c2)CC1. The second-order valence-corrected chi connectivity index (χ2v) is 8.09. The van der Waals surface area contributed by atoms with Crippen molar-refractivity contribution < 1.29 is 44.6 Å². The molecule has 1 aliphatic rings. The fourth-order valence-corrected chi connectivity index (χ4v) is 3.71. The maximum absolute atomic E-state index is 14.5. The first-order valence-corrected chi connectivity index (χ1v) is 10.7. The van der Waals surface area contributed by atoms with E-state index < -0.39 is 52.5 Å². The maximum Gasteiger partial charge on any atom is 0.429 e. The van der Waals surface area contributed by atoms with Crippen molar-refractivity contribution in [3.05, 3.63) is 70.8 Å². The molecule has 10 heteroatoms. The van der Waals surface area contributed by atoms with E-state index in [1.807, 2.05) is 6.92 Å². The van der Waals surface area contributed by atoms with E-state index in [2.05, 4.69) is 9.47 Å². The summed E-state index contributed by atoms with van der Waals surface area (Å²) in [4.78, 5) is 0. The van der Waals surface area contributed by atoms with Crippen LogP contribution in [0.1, 0.15) is 51.0 Å². The summed E-state index contributed by atoms with van der Waals surface area (Å²) in [6, 6.07) is 1.80. The summed E-state index contributed by atoms with van der Waals surface area (Å²) in [5, 5.41) is 0. The average molecular weight is 494 g/mol. The van der Waals surface area contributed by atoms with Crippen molar-refractivity contribution in [2.75, 3.05) is 0 Å². The second-order valence-electron chi connectivity index (χ2n) is 8.09. The third-order valence-corrected chi connectivity index (χ3v) is 5.56. The van der Waals surface area contributed by atoms with Gasteiger partial charge in [0.05, 0.1) is 0 Å². The van der Waals surface area contributed by atoms with Crippen LogP contribution in [0, 0.1) is 29.2 Å². The number of hydrogen-bond donors (Lipinski definition) is 0. The Labute approximate surface area is 191 Å². The van der Waals surface area contributed by atoms with E-state index in [1.54, 1.807) is 0 Å². The topological polar surface area (TPSA) is 18.5 Å². The highest BCUT2D eigenvalue weighted by atomic mass is 19.3. The van der Waals surface area contributed by atoms with Gasteiger partial charge >= 0.3 is 12.2 Å². The van der Waals surface area contributed by atoms with Gasteiger partial charge < -0.3 is 9.47 Å². The van der Waals surface area contributed by atoms with Gasteiger partial charge in [-0.2, -0.15) is 17.6 Å². The normalized spacial score (nSPS) is 16.9. The number of benzene rings is 2. The van der Waals surface area contributed by atoms with Crippen LogP contribution in [0.2, 0.25) is 0 Å².